The van der Waals surface area contributed by atoms with Gasteiger partial charge in [0, 0.05) is 43.8 Å². The third kappa shape index (κ3) is 6.05. The van der Waals surface area contributed by atoms with Crippen molar-refractivity contribution in [1.29, 1.82) is 0 Å². The zero-order chi connectivity index (χ0) is 27.4. The average molecular weight is 624 g/mol. The van der Waals surface area contributed by atoms with Gasteiger partial charge in [-0.05, 0) is 64.9 Å². The third-order valence-electron chi connectivity index (χ3n) is 7.74. The van der Waals surface area contributed by atoms with Gasteiger partial charge in [-0.15, -0.1) is 0 Å². The molecule has 1 aliphatic rings. The zero-order valence-electron chi connectivity index (χ0n) is 24.4. The maximum Gasteiger partial charge on any atom is 0.192 e. The Bertz CT molecular complexity index is 1100. The van der Waals surface area contributed by atoms with Crippen LogP contribution in [0.25, 0.3) is 0 Å². The first-order chi connectivity index (χ1) is 16.2. The van der Waals surface area contributed by atoms with E-state index in [4.69, 9.17) is 9.41 Å². The normalized spacial score (nSPS) is 19.4. The van der Waals surface area contributed by atoms with E-state index in [2.05, 4.69) is 115 Å². The van der Waals surface area contributed by atoms with Gasteiger partial charge in [-0.3, -0.25) is 4.98 Å². The van der Waals surface area contributed by atoms with Gasteiger partial charge in [0.2, 0.25) is 0 Å². The van der Waals surface area contributed by atoms with E-state index in [9.17, 15) is 5.11 Å². The molecule has 0 saturated carbocycles. The summed E-state index contributed by atoms with van der Waals surface area (Å²) >= 11 is 2.44. The lowest BCUT2D eigenvalue weighted by Gasteiger charge is -2.44. The van der Waals surface area contributed by atoms with E-state index in [0.717, 1.165) is 39.2 Å². The summed E-state index contributed by atoms with van der Waals surface area (Å²) in [6.45, 7) is 26.7. The summed E-state index contributed by atoms with van der Waals surface area (Å²) in [5, 5.41) is 11.8. The Hall–Kier alpha value is -0.903. The monoisotopic (exact) mass is 623 g/mol. The molecule has 2 atom stereocenters. The number of aliphatic hydroxyl groups is 1. The molecule has 200 valence electrons. The predicted octanol–water partition coefficient (Wildman–Crippen LogP) is 8.01. The minimum absolute atomic E-state index is 0.0317. The molecule has 36 heavy (non-hydrogen) atoms. The second-order valence-electron chi connectivity index (χ2n) is 14.1. The number of rotatable bonds is 5. The summed E-state index contributed by atoms with van der Waals surface area (Å²) in [6.07, 6.45) is 4.52. The van der Waals surface area contributed by atoms with Gasteiger partial charge in [0.25, 0.3) is 0 Å². The van der Waals surface area contributed by atoms with E-state index < -0.39 is 14.4 Å². The van der Waals surface area contributed by atoms with Crippen LogP contribution in [-0.4, -0.2) is 28.4 Å². The Labute approximate surface area is 233 Å². The molecule has 0 amide bonds. The summed E-state index contributed by atoms with van der Waals surface area (Å²) in [5.41, 5.74) is 4.78. The van der Waals surface area contributed by atoms with Crippen molar-refractivity contribution < 1.29 is 9.53 Å². The van der Waals surface area contributed by atoms with Crippen LogP contribution in [0, 0.1) is 8.99 Å². The number of nitrogens with zero attached hydrogens (tertiary/aromatic N) is 3. The fraction of sp³-hybridized carbons (Fsp3) is 0.690. The Balaban J connectivity index is 2.18. The predicted molar refractivity (Wildman–Crippen MR) is 159 cm³/mol. The highest BCUT2D eigenvalue weighted by Gasteiger charge is 2.44. The van der Waals surface area contributed by atoms with Crippen molar-refractivity contribution in [1.82, 2.24) is 15.0 Å². The van der Waals surface area contributed by atoms with Gasteiger partial charge in [0.05, 0.1) is 11.8 Å². The second kappa shape index (κ2) is 10.0. The molecule has 2 aromatic rings. The smallest absolute Gasteiger partial charge is 0.192 e. The Morgan fingerprint density at radius 1 is 1.08 bits per heavy atom. The fourth-order valence-corrected chi connectivity index (χ4v) is 7.10. The summed E-state index contributed by atoms with van der Waals surface area (Å²) in [7, 11) is -2.03. The molecule has 2 heterocycles. The highest BCUT2D eigenvalue weighted by Crippen LogP contribution is 2.50. The molecular weight excluding hydrogens is 577 g/mol. The quantitative estimate of drug-likeness (QED) is 0.270. The molecule has 2 aromatic heterocycles. The van der Waals surface area contributed by atoms with Crippen molar-refractivity contribution in [2.45, 2.75) is 124 Å². The van der Waals surface area contributed by atoms with Gasteiger partial charge in [-0.1, -0.05) is 69.2 Å². The fourth-order valence-electron chi connectivity index (χ4n) is 4.61. The van der Waals surface area contributed by atoms with Crippen LogP contribution < -0.4 is 0 Å². The highest BCUT2D eigenvalue weighted by atomic mass is 127. The number of hydrogen-bond donors (Lipinski definition) is 1. The number of aromatic nitrogens is 3. The molecule has 0 aliphatic heterocycles. The summed E-state index contributed by atoms with van der Waals surface area (Å²) < 4.78 is 8.14. The second-order valence-corrected chi connectivity index (χ2v) is 20.0. The van der Waals surface area contributed by atoms with Crippen LogP contribution in [0.3, 0.4) is 0 Å². The molecule has 0 spiro atoms. The molecule has 0 unspecified atom stereocenters. The average Bonchev–Trinajstić information content (AvgIpc) is 2.70. The maximum absolute atomic E-state index is 11.7. The van der Waals surface area contributed by atoms with Crippen LogP contribution in [0.1, 0.15) is 128 Å². The first-order valence-electron chi connectivity index (χ1n) is 13.2. The van der Waals surface area contributed by atoms with Gasteiger partial charge in [0.1, 0.15) is 11.9 Å². The Morgan fingerprint density at radius 2 is 1.64 bits per heavy atom. The van der Waals surface area contributed by atoms with E-state index in [-0.39, 0.29) is 27.9 Å². The van der Waals surface area contributed by atoms with Crippen molar-refractivity contribution in [2.75, 3.05) is 0 Å². The standard InChI is InChI=1S/C29H46IN3O2Si/c1-17(2)24-22(25(34)18-15-31-26(32-16-18)27(3,4)5)23(30)21-19(33-24)13-29(9,10)14-20(21)35-36(11,12)28(6,7)8/h15-17,20,25,34H,13-14H2,1-12H3/t20-,25+/m0/s1. The van der Waals surface area contributed by atoms with Crippen molar-refractivity contribution in [3.05, 3.63) is 49.9 Å². The molecule has 0 fully saturated rings. The number of fused-ring (bicyclic) bond motifs is 1. The number of halogens is 1. The lowest BCUT2D eigenvalue weighted by molar-refractivity contribution is 0.104. The topological polar surface area (TPSA) is 68.1 Å². The van der Waals surface area contributed by atoms with Crippen molar-refractivity contribution in [3.8, 4) is 0 Å². The van der Waals surface area contributed by atoms with E-state index in [0.29, 0.717) is 5.56 Å². The Morgan fingerprint density at radius 3 is 2.11 bits per heavy atom. The molecule has 1 aliphatic carbocycles. The van der Waals surface area contributed by atoms with Crippen molar-refractivity contribution >= 4 is 30.9 Å². The third-order valence-corrected chi connectivity index (χ3v) is 13.4. The van der Waals surface area contributed by atoms with Crippen LogP contribution in [0.2, 0.25) is 18.1 Å². The number of aliphatic hydroxyl groups excluding tert-OH is 1. The Kier molecular flexibility index (Phi) is 8.24. The summed E-state index contributed by atoms with van der Waals surface area (Å²) in [6, 6.07) is 0. The zero-order valence-corrected chi connectivity index (χ0v) is 27.5. The largest absolute Gasteiger partial charge is 0.410 e. The first-order valence-corrected chi connectivity index (χ1v) is 17.1. The van der Waals surface area contributed by atoms with E-state index in [1.54, 1.807) is 12.4 Å². The van der Waals surface area contributed by atoms with Gasteiger partial charge in [-0.2, -0.15) is 0 Å². The van der Waals surface area contributed by atoms with E-state index in [1.807, 2.05) is 0 Å². The molecule has 0 saturated heterocycles. The molecule has 5 nitrogen and oxygen atoms in total. The lowest BCUT2D eigenvalue weighted by Crippen LogP contribution is -2.44. The van der Waals surface area contributed by atoms with Gasteiger partial charge >= 0.3 is 0 Å². The molecular formula is C29H46IN3O2Si. The minimum atomic E-state index is -2.03. The van der Waals surface area contributed by atoms with Crippen LogP contribution in [0.15, 0.2) is 12.4 Å². The van der Waals surface area contributed by atoms with Gasteiger partial charge in [0.15, 0.2) is 8.32 Å². The van der Waals surface area contributed by atoms with Gasteiger partial charge < -0.3 is 9.53 Å². The number of pyridine rings is 1. The maximum atomic E-state index is 11.7. The molecule has 1 N–H and O–H groups in total. The van der Waals surface area contributed by atoms with Crippen LogP contribution >= 0.6 is 22.6 Å². The van der Waals surface area contributed by atoms with E-state index >= 15 is 0 Å². The van der Waals surface area contributed by atoms with Crippen molar-refractivity contribution in [2.24, 2.45) is 5.41 Å². The number of hydrogen-bond acceptors (Lipinski definition) is 5. The molecule has 3 rings (SSSR count). The molecule has 0 bridgehead atoms. The minimum Gasteiger partial charge on any atom is -0.410 e. The molecule has 0 radical (unpaired) electrons. The highest BCUT2D eigenvalue weighted by molar-refractivity contribution is 14.1. The molecule has 7 heteroatoms. The van der Waals surface area contributed by atoms with Crippen molar-refractivity contribution in [3.63, 3.8) is 0 Å². The SMILES string of the molecule is CC(C)c1nc2c(c(I)c1[C@H](O)c1cnc(C(C)(C)C)nc1)[C@@H](O[Si](C)(C)C(C)(C)C)CC(C)(C)C2. The first kappa shape index (κ1) is 29.6. The van der Waals surface area contributed by atoms with Crippen LogP contribution in [-0.2, 0) is 16.3 Å². The summed E-state index contributed by atoms with van der Waals surface area (Å²) in [4.78, 5) is 14.4. The van der Waals surface area contributed by atoms with Crippen LogP contribution in [0.5, 0.6) is 0 Å². The van der Waals surface area contributed by atoms with Crippen LogP contribution in [0.4, 0.5) is 0 Å². The molecule has 0 aromatic carbocycles. The lowest BCUT2D eigenvalue weighted by atomic mass is 9.74. The van der Waals surface area contributed by atoms with E-state index in [1.165, 1.54) is 5.56 Å². The summed E-state index contributed by atoms with van der Waals surface area (Å²) in [5.74, 6) is 0.943. The van der Waals surface area contributed by atoms with Gasteiger partial charge in [-0.25, -0.2) is 9.97 Å².